The highest BCUT2D eigenvalue weighted by molar-refractivity contribution is 7.73. The van der Waals surface area contributed by atoms with Gasteiger partial charge < -0.3 is 9.88 Å². The first-order chi connectivity index (χ1) is 13.8. The van der Waals surface area contributed by atoms with Crippen LogP contribution in [0.25, 0.3) is 10.2 Å². The van der Waals surface area contributed by atoms with Crippen molar-refractivity contribution in [2.75, 3.05) is 4.90 Å². The van der Waals surface area contributed by atoms with Gasteiger partial charge in [0.2, 0.25) is 0 Å². The Kier molecular flexibility index (Phi) is 5.88. The minimum Gasteiger partial charge on any atom is -0.337 e. The number of amides is 1. The number of thiazole rings is 1. The maximum absolute atomic E-state index is 13.2. The Bertz CT molecular complexity index is 1230. The highest BCUT2D eigenvalue weighted by Gasteiger charge is 2.33. The van der Waals surface area contributed by atoms with Crippen LogP contribution >= 0.6 is 23.6 Å². The van der Waals surface area contributed by atoms with Gasteiger partial charge in [0.15, 0.2) is 15.7 Å². The molecule has 1 unspecified atom stereocenters. The maximum Gasteiger partial charge on any atom is 0.252 e. The molecule has 0 aliphatic rings. The van der Waals surface area contributed by atoms with Crippen molar-refractivity contribution < 1.29 is 9.59 Å². The zero-order valence-corrected chi connectivity index (χ0v) is 17.3. The summed E-state index contributed by atoms with van der Waals surface area (Å²) in [5.41, 5.74) is 2.07. The van der Waals surface area contributed by atoms with E-state index in [1.807, 2.05) is 38.1 Å². The van der Waals surface area contributed by atoms with Crippen molar-refractivity contribution in [2.45, 2.75) is 19.9 Å². The van der Waals surface area contributed by atoms with E-state index in [2.05, 4.69) is 4.98 Å². The quantitative estimate of drug-likeness (QED) is 0.369. The van der Waals surface area contributed by atoms with Crippen LogP contribution in [-0.4, -0.2) is 22.7 Å². The lowest BCUT2D eigenvalue weighted by Gasteiger charge is -2.28. The minimum absolute atomic E-state index is 0.215. The second kappa shape index (κ2) is 8.36. The summed E-state index contributed by atoms with van der Waals surface area (Å²) in [6.45, 7) is 3.64. The van der Waals surface area contributed by atoms with E-state index in [0.717, 1.165) is 10.2 Å². The maximum atomic E-state index is 13.2. The number of carbonyl (C=O) groups excluding carboxylic acids is 2. The van der Waals surface area contributed by atoms with Gasteiger partial charge in [-0.1, -0.05) is 12.1 Å². The van der Waals surface area contributed by atoms with Crippen molar-refractivity contribution in [3.63, 3.8) is 0 Å². The van der Waals surface area contributed by atoms with Crippen LogP contribution in [-0.2, 0) is 4.79 Å². The second-order valence-corrected chi connectivity index (χ2v) is 8.33. The summed E-state index contributed by atoms with van der Waals surface area (Å²) >= 11 is 6.56. The van der Waals surface area contributed by atoms with Gasteiger partial charge in [-0.15, -0.1) is 11.3 Å². The van der Waals surface area contributed by atoms with Gasteiger partial charge in [-0.3, -0.25) is 9.59 Å². The van der Waals surface area contributed by atoms with Crippen LogP contribution < -0.4 is 4.90 Å². The van der Waals surface area contributed by atoms with Gasteiger partial charge >= 0.3 is 0 Å². The lowest BCUT2D eigenvalue weighted by molar-refractivity contribution is -0.120. The number of nitriles is 2. The van der Waals surface area contributed by atoms with E-state index in [4.69, 9.17) is 17.5 Å². The molecule has 3 aromatic rings. The van der Waals surface area contributed by atoms with E-state index in [1.54, 1.807) is 6.07 Å². The number of anilines is 1. The summed E-state index contributed by atoms with van der Waals surface area (Å²) in [4.78, 5) is 30.5. The molecule has 144 valence electrons. The molecule has 2 aromatic carbocycles. The largest absolute Gasteiger partial charge is 0.337 e. The van der Waals surface area contributed by atoms with Crippen LogP contribution in [0.5, 0.6) is 0 Å². The van der Waals surface area contributed by atoms with Crippen molar-refractivity contribution in [3.8, 4) is 12.1 Å². The fourth-order valence-electron chi connectivity index (χ4n) is 3.00. The molecule has 29 heavy (non-hydrogen) atoms. The van der Waals surface area contributed by atoms with Crippen molar-refractivity contribution >= 4 is 51.1 Å². The van der Waals surface area contributed by atoms with E-state index in [9.17, 15) is 14.9 Å². The summed E-state index contributed by atoms with van der Waals surface area (Å²) in [7, 11) is 0. The molecule has 1 N–H and O–H groups in total. The molecule has 0 fully saturated rings. The van der Waals surface area contributed by atoms with Gasteiger partial charge in [0, 0.05) is 17.3 Å². The number of aromatic amines is 1. The normalized spacial score (nSPS) is 11.6. The van der Waals surface area contributed by atoms with E-state index in [0.29, 0.717) is 15.2 Å². The molecule has 0 saturated carbocycles. The molecule has 1 aromatic heterocycles. The van der Waals surface area contributed by atoms with Crippen molar-refractivity contribution in [1.29, 1.82) is 10.5 Å². The first-order valence-electron chi connectivity index (χ1n) is 8.75. The number of benzene rings is 2. The molecule has 0 bridgehead atoms. The van der Waals surface area contributed by atoms with Crippen LogP contribution in [0.2, 0.25) is 0 Å². The average Bonchev–Trinajstić information content (AvgIpc) is 3.07. The zero-order chi connectivity index (χ0) is 21.1. The lowest BCUT2D eigenvalue weighted by atomic mass is 9.96. The van der Waals surface area contributed by atoms with Crippen LogP contribution in [0.1, 0.15) is 29.8 Å². The smallest absolute Gasteiger partial charge is 0.252 e. The second-order valence-electron chi connectivity index (χ2n) is 6.61. The van der Waals surface area contributed by atoms with Gasteiger partial charge in [0.1, 0.15) is 0 Å². The molecule has 1 heterocycles. The topological polar surface area (TPSA) is 101 Å². The third-order valence-corrected chi connectivity index (χ3v) is 5.57. The molecule has 8 heteroatoms. The Balaban J connectivity index is 1.97. The molecule has 1 atom stereocenters. The number of carbonyl (C=O) groups is 2. The lowest BCUT2D eigenvalue weighted by Crippen LogP contribution is -2.43. The number of fused-ring (bicyclic) bond motifs is 1. The van der Waals surface area contributed by atoms with Gasteiger partial charge in [0.05, 0.1) is 27.9 Å². The third-order valence-electron chi connectivity index (χ3n) is 4.37. The number of hydrogen-bond acceptors (Lipinski definition) is 6. The van der Waals surface area contributed by atoms with Gasteiger partial charge in [-0.05, 0) is 56.4 Å². The zero-order valence-electron chi connectivity index (χ0n) is 15.7. The SMILES string of the molecule is CC(C)N(C(=O)C(C#N)C(=O)c1ccc(C#N)cc1)c1ccc2[nH]c(=S)sc2c1. The van der Waals surface area contributed by atoms with Gasteiger partial charge in [-0.2, -0.15) is 10.5 Å². The van der Waals surface area contributed by atoms with Crippen molar-refractivity contribution in [1.82, 2.24) is 4.98 Å². The number of ketones is 1. The summed E-state index contributed by atoms with van der Waals surface area (Å²) in [6.07, 6.45) is 0. The number of Topliss-reactive ketones (excluding diaryl/α,β-unsaturated/α-hetero) is 1. The highest BCUT2D eigenvalue weighted by atomic mass is 32.1. The van der Waals surface area contributed by atoms with Crippen LogP contribution in [0.15, 0.2) is 42.5 Å². The number of rotatable bonds is 5. The number of aromatic nitrogens is 1. The van der Waals surface area contributed by atoms with E-state index < -0.39 is 17.6 Å². The summed E-state index contributed by atoms with van der Waals surface area (Å²) in [5.74, 6) is -2.66. The summed E-state index contributed by atoms with van der Waals surface area (Å²) in [6, 6.07) is 14.8. The predicted octanol–water partition coefficient (Wildman–Crippen LogP) is 4.59. The Morgan fingerprint density at radius 2 is 1.83 bits per heavy atom. The van der Waals surface area contributed by atoms with E-state index in [1.165, 1.54) is 40.5 Å². The van der Waals surface area contributed by atoms with Crippen LogP contribution in [0, 0.1) is 32.5 Å². The third kappa shape index (κ3) is 4.09. The number of nitrogens with one attached hydrogen (secondary N) is 1. The molecule has 0 aliphatic carbocycles. The van der Waals surface area contributed by atoms with Gasteiger partial charge in [0.25, 0.3) is 5.91 Å². The van der Waals surface area contributed by atoms with Crippen molar-refractivity contribution in [3.05, 3.63) is 57.5 Å². The standard InChI is InChI=1S/C21H16N4O2S2/c1-12(2)25(15-7-8-17-18(9-15)29-21(28)24-17)20(27)16(11-23)19(26)14-5-3-13(10-22)4-6-14/h3-9,12,16H,1-2H3,(H,24,28). The highest BCUT2D eigenvalue weighted by Crippen LogP contribution is 2.28. The van der Waals surface area contributed by atoms with Crippen LogP contribution in [0.4, 0.5) is 5.69 Å². The summed E-state index contributed by atoms with van der Waals surface area (Å²) in [5, 5.41) is 18.5. The van der Waals surface area contributed by atoms with E-state index >= 15 is 0 Å². The van der Waals surface area contributed by atoms with E-state index in [-0.39, 0.29) is 11.6 Å². The molecular weight excluding hydrogens is 404 g/mol. The Labute approximate surface area is 176 Å². The fourth-order valence-corrected chi connectivity index (χ4v) is 4.15. The fraction of sp³-hybridized carbons (Fsp3) is 0.190. The number of H-pyrrole nitrogens is 1. The Morgan fingerprint density at radius 1 is 1.14 bits per heavy atom. The Morgan fingerprint density at radius 3 is 2.41 bits per heavy atom. The molecule has 0 spiro atoms. The molecule has 3 rings (SSSR count). The summed E-state index contributed by atoms with van der Waals surface area (Å²) < 4.78 is 1.52. The molecule has 0 aliphatic heterocycles. The molecule has 6 nitrogen and oxygen atoms in total. The number of nitrogens with zero attached hydrogens (tertiary/aromatic N) is 3. The first kappa shape index (κ1) is 20.4. The monoisotopic (exact) mass is 420 g/mol. The Hall–Kier alpha value is -3.33. The average molecular weight is 421 g/mol. The van der Waals surface area contributed by atoms with Gasteiger partial charge in [-0.25, -0.2) is 0 Å². The molecule has 0 radical (unpaired) electrons. The molecular formula is C21H16N4O2S2. The first-order valence-corrected chi connectivity index (χ1v) is 9.98. The number of hydrogen-bond donors (Lipinski definition) is 1. The predicted molar refractivity (Wildman–Crippen MR) is 114 cm³/mol. The van der Waals surface area contributed by atoms with Crippen molar-refractivity contribution in [2.24, 2.45) is 5.92 Å². The molecule has 0 saturated heterocycles. The van der Waals surface area contributed by atoms with Crippen LogP contribution in [0.3, 0.4) is 0 Å². The molecule has 1 amide bonds. The minimum atomic E-state index is -1.48.